The molecule has 0 aromatic heterocycles. The van der Waals surface area contributed by atoms with Gasteiger partial charge in [-0.15, -0.1) is 0 Å². The molecular weight excluding hydrogens is 410 g/mol. The van der Waals surface area contributed by atoms with Crippen molar-refractivity contribution in [1.82, 2.24) is 0 Å². The van der Waals surface area contributed by atoms with Crippen LogP contribution in [0.1, 0.15) is 23.6 Å². The summed E-state index contributed by atoms with van der Waals surface area (Å²) < 4.78 is 17.3. The highest BCUT2D eigenvalue weighted by Crippen LogP contribution is 2.51. The number of rotatable bonds is 3. The second-order valence-electron chi connectivity index (χ2n) is 6.48. The summed E-state index contributed by atoms with van der Waals surface area (Å²) in [6, 6.07) is 9.54. The largest absolute Gasteiger partial charge is 0.493 e. The Morgan fingerprint density at radius 3 is 2.44 bits per heavy atom. The Morgan fingerprint density at radius 1 is 1.15 bits per heavy atom. The molecule has 1 aliphatic heterocycles. The zero-order valence-electron chi connectivity index (χ0n) is 15.5. The van der Waals surface area contributed by atoms with Gasteiger partial charge >= 0.3 is 0 Å². The zero-order chi connectivity index (χ0) is 19.9. The molecule has 2 aromatic carbocycles. The van der Waals surface area contributed by atoms with E-state index in [1.807, 2.05) is 32.0 Å². The van der Waals surface area contributed by atoms with E-state index < -0.39 is 5.41 Å². The fourth-order valence-corrected chi connectivity index (χ4v) is 4.31. The lowest BCUT2D eigenvalue weighted by Gasteiger charge is -2.37. The van der Waals surface area contributed by atoms with Crippen LogP contribution in [0, 0.1) is 18.3 Å². The number of aryl methyl sites for hydroxylation is 1. The van der Waals surface area contributed by atoms with Crippen LogP contribution in [0.3, 0.4) is 0 Å². The molecule has 6 nitrogen and oxygen atoms in total. The van der Waals surface area contributed by atoms with Gasteiger partial charge in [0.05, 0.1) is 24.1 Å². The van der Waals surface area contributed by atoms with Crippen LogP contribution in [-0.4, -0.2) is 14.2 Å². The second kappa shape index (κ2) is 6.71. The SMILES string of the molecule is COc1cc(C2(C)C(C#N)=C(N)Oc3cc(N)cc(C)c32)cc(Br)c1OC. The van der Waals surface area contributed by atoms with Crippen molar-refractivity contribution in [3.63, 3.8) is 0 Å². The van der Waals surface area contributed by atoms with E-state index in [0.717, 1.165) is 16.7 Å². The maximum Gasteiger partial charge on any atom is 0.205 e. The first-order chi connectivity index (χ1) is 12.8. The number of anilines is 1. The highest BCUT2D eigenvalue weighted by atomic mass is 79.9. The topological polar surface area (TPSA) is 104 Å². The molecule has 0 fully saturated rings. The number of nitrogens with two attached hydrogens (primary N) is 2. The third kappa shape index (κ3) is 2.77. The van der Waals surface area contributed by atoms with Crippen molar-refractivity contribution in [3.05, 3.63) is 56.9 Å². The van der Waals surface area contributed by atoms with Gasteiger partial charge < -0.3 is 25.7 Å². The van der Waals surface area contributed by atoms with E-state index in [2.05, 4.69) is 22.0 Å². The molecule has 3 rings (SSSR count). The first-order valence-electron chi connectivity index (χ1n) is 8.18. The monoisotopic (exact) mass is 429 g/mol. The van der Waals surface area contributed by atoms with Crippen molar-refractivity contribution in [2.75, 3.05) is 20.0 Å². The second-order valence-corrected chi connectivity index (χ2v) is 7.34. The number of hydrogen-bond donors (Lipinski definition) is 2. The van der Waals surface area contributed by atoms with Gasteiger partial charge in [-0.25, -0.2) is 0 Å². The number of nitrogen functional groups attached to an aromatic ring is 1. The average molecular weight is 430 g/mol. The molecule has 140 valence electrons. The molecule has 27 heavy (non-hydrogen) atoms. The lowest BCUT2D eigenvalue weighted by atomic mass is 9.68. The van der Waals surface area contributed by atoms with E-state index in [4.69, 9.17) is 25.7 Å². The van der Waals surface area contributed by atoms with Crippen LogP contribution in [0.2, 0.25) is 0 Å². The van der Waals surface area contributed by atoms with Crippen molar-refractivity contribution in [2.24, 2.45) is 5.73 Å². The zero-order valence-corrected chi connectivity index (χ0v) is 17.1. The molecule has 0 aliphatic carbocycles. The molecule has 7 heteroatoms. The summed E-state index contributed by atoms with van der Waals surface area (Å²) in [4.78, 5) is 0. The highest BCUT2D eigenvalue weighted by molar-refractivity contribution is 9.10. The minimum absolute atomic E-state index is 0.0587. The summed E-state index contributed by atoms with van der Waals surface area (Å²) >= 11 is 3.53. The number of fused-ring (bicyclic) bond motifs is 1. The molecule has 0 saturated carbocycles. The van der Waals surface area contributed by atoms with Crippen molar-refractivity contribution in [1.29, 1.82) is 5.26 Å². The summed E-state index contributed by atoms with van der Waals surface area (Å²) in [5.74, 6) is 1.71. The van der Waals surface area contributed by atoms with Crippen LogP contribution < -0.4 is 25.7 Å². The molecule has 0 radical (unpaired) electrons. The Balaban J connectivity index is 2.40. The van der Waals surface area contributed by atoms with E-state index in [-0.39, 0.29) is 5.88 Å². The average Bonchev–Trinajstić information content (AvgIpc) is 2.60. The summed E-state index contributed by atoms with van der Waals surface area (Å²) in [5.41, 5.74) is 14.7. The first kappa shape index (κ1) is 18.9. The van der Waals surface area contributed by atoms with Crippen LogP contribution in [0.15, 0.2) is 40.2 Å². The van der Waals surface area contributed by atoms with Crippen molar-refractivity contribution in [2.45, 2.75) is 19.3 Å². The minimum Gasteiger partial charge on any atom is -0.493 e. The molecule has 0 amide bonds. The summed E-state index contributed by atoms with van der Waals surface area (Å²) in [6.07, 6.45) is 0. The normalized spacial score (nSPS) is 18.4. The van der Waals surface area contributed by atoms with Gasteiger partial charge in [-0.05, 0) is 59.1 Å². The molecule has 1 atom stereocenters. The summed E-state index contributed by atoms with van der Waals surface area (Å²) in [6.45, 7) is 3.87. The highest BCUT2D eigenvalue weighted by Gasteiger charge is 2.43. The summed E-state index contributed by atoms with van der Waals surface area (Å²) in [7, 11) is 3.13. The van der Waals surface area contributed by atoms with Gasteiger partial charge in [0.25, 0.3) is 0 Å². The van der Waals surface area contributed by atoms with Crippen molar-refractivity contribution in [3.8, 4) is 23.3 Å². The Morgan fingerprint density at radius 2 is 1.85 bits per heavy atom. The van der Waals surface area contributed by atoms with Crippen LogP contribution in [0.4, 0.5) is 5.69 Å². The standard InChI is InChI=1S/C20H20BrN3O3/c1-10-5-12(23)8-15-17(10)20(2,13(9-22)19(24)27-15)11-6-14(21)18(26-4)16(7-11)25-3/h5-8H,23-24H2,1-4H3. The van der Waals surface area contributed by atoms with E-state index in [1.54, 1.807) is 20.3 Å². The lowest BCUT2D eigenvalue weighted by Crippen LogP contribution is -2.35. The maximum atomic E-state index is 9.87. The van der Waals surface area contributed by atoms with Gasteiger partial charge in [0, 0.05) is 17.3 Å². The lowest BCUT2D eigenvalue weighted by molar-refractivity contribution is 0.350. The number of ether oxygens (including phenoxy) is 3. The third-order valence-corrected chi connectivity index (χ3v) is 5.50. The molecule has 1 heterocycles. The predicted octanol–water partition coefficient (Wildman–Crippen LogP) is 3.75. The molecule has 2 aromatic rings. The van der Waals surface area contributed by atoms with Gasteiger partial charge in [0.2, 0.25) is 5.88 Å². The van der Waals surface area contributed by atoms with Gasteiger partial charge in [-0.3, -0.25) is 0 Å². The molecule has 1 aliphatic rings. The summed E-state index contributed by atoms with van der Waals surface area (Å²) in [5, 5.41) is 9.87. The van der Waals surface area contributed by atoms with E-state index in [0.29, 0.717) is 33.0 Å². The third-order valence-electron chi connectivity index (χ3n) is 4.91. The predicted molar refractivity (Wildman–Crippen MR) is 107 cm³/mol. The molecular formula is C20H20BrN3O3. The smallest absolute Gasteiger partial charge is 0.205 e. The number of methoxy groups -OCH3 is 2. The van der Waals surface area contributed by atoms with Crippen LogP contribution in [0.25, 0.3) is 0 Å². The number of allylic oxidation sites excluding steroid dienone is 1. The molecule has 0 saturated heterocycles. The first-order valence-corrected chi connectivity index (χ1v) is 8.98. The number of hydrogen-bond acceptors (Lipinski definition) is 6. The Hall–Kier alpha value is -2.85. The number of benzene rings is 2. The van der Waals surface area contributed by atoms with Crippen LogP contribution in [0.5, 0.6) is 17.2 Å². The number of nitrogens with zero attached hydrogens (tertiary/aromatic N) is 1. The molecule has 0 spiro atoms. The van der Waals surface area contributed by atoms with Gasteiger partial charge in [0.1, 0.15) is 17.4 Å². The van der Waals surface area contributed by atoms with Crippen LogP contribution >= 0.6 is 15.9 Å². The quantitative estimate of drug-likeness (QED) is 0.719. The van der Waals surface area contributed by atoms with Gasteiger partial charge in [0.15, 0.2) is 11.5 Å². The molecule has 0 bridgehead atoms. The van der Waals surface area contributed by atoms with E-state index in [9.17, 15) is 5.26 Å². The molecule has 1 unspecified atom stereocenters. The fraction of sp³-hybridized carbons (Fsp3) is 0.250. The van der Waals surface area contributed by atoms with Gasteiger partial charge in [-0.1, -0.05) is 0 Å². The van der Waals surface area contributed by atoms with Crippen LogP contribution in [-0.2, 0) is 5.41 Å². The van der Waals surface area contributed by atoms with Gasteiger partial charge in [-0.2, -0.15) is 5.26 Å². The van der Waals surface area contributed by atoms with Crippen molar-refractivity contribution >= 4 is 21.6 Å². The van der Waals surface area contributed by atoms with Crippen molar-refractivity contribution < 1.29 is 14.2 Å². The Bertz CT molecular complexity index is 1010. The molecule has 4 N–H and O–H groups in total. The number of nitriles is 1. The number of halogens is 1. The maximum absolute atomic E-state index is 9.87. The van der Waals surface area contributed by atoms with E-state index in [1.165, 1.54) is 0 Å². The Labute approximate surface area is 166 Å². The fourth-order valence-electron chi connectivity index (χ4n) is 3.71. The van der Waals surface area contributed by atoms with E-state index >= 15 is 0 Å². The Kier molecular flexibility index (Phi) is 4.70. The minimum atomic E-state index is -0.855.